The second-order valence-electron chi connectivity index (χ2n) is 4.77. The number of rotatable bonds is 4. The van der Waals surface area contributed by atoms with E-state index >= 15 is 0 Å². The van der Waals surface area contributed by atoms with E-state index in [1.54, 1.807) is 7.11 Å². The number of carbonyl (C=O) groups is 1. The van der Waals surface area contributed by atoms with E-state index in [2.05, 4.69) is 10.2 Å². The van der Waals surface area contributed by atoms with Gasteiger partial charge in [0, 0.05) is 12.7 Å². The van der Waals surface area contributed by atoms with E-state index in [0.29, 0.717) is 5.69 Å². The lowest BCUT2D eigenvalue weighted by molar-refractivity contribution is 0.0192. The maximum atomic E-state index is 10.8. The van der Waals surface area contributed by atoms with Crippen LogP contribution in [0.3, 0.4) is 0 Å². The molecule has 0 radical (unpaired) electrons. The Morgan fingerprint density at radius 2 is 2.11 bits per heavy atom. The van der Waals surface area contributed by atoms with Gasteiger partial charge in [0.05, 0.1) is 11.3 Å². The number of methoxy groups -OCH3 is 1. The van der Waals surface area contributed by atoms with Crippen LogP contribution in [0.5, 0.6) is 0 Å². The van der Waals surface area contributed by atoms with Crippen LogP contribution < -0.4 is 0 Å². The van der Waals surface area contributed by atoms with E-state index in [1.165, 1.54) is 6.07 Å². The summed E-state index contributed by atoms with van der Waals surface area (Å²) in [4.78, 5) is 10.8. The van der Waals surface area contributed by atoms with Gasteiger partial charge in [-0.05, 0) is 31.5 Å². The van der Waals surface area contributed by atoms with Crippen LogP contribution in [0, 0.1) is 0 Å². The fourth-order valence-corrected chi connectivity index (χ4v) is 1.75. The fourth-order valence-electron chi connectivity index (χ4n) is 1.75. The molecule has 2 aromatic rings. The lowest BCUT2D eigenvalue weighted by Crippen LogP contribution is -2.19. The second-order valence-corrected chi connectivity index (χ2v) is 4.77. The quantitative estimate of drug-likeness (QED) is 0.886. The first-order valence-corrected chi connectivity index (χ1v) is 5.89. The summed E-state index contributed by atoms with van der Waals surface area (Å²) in [5, 5.41) is 15.4. The second kappa shape index (κ2) is 4.85. The number of hydrogen-bond donors (Lipinski definition) is 2. The summed E-state index contributed by atoms with van der Waals surface area (Å²) in [6, 6.07) is 9.22. The highest BCUT2D eigenvalue weighted by Gasteiger charge is 2.20. The van der Waals surface area contributed by atoms with Gasteiger partial charge in [0.15, 0.2) is 0 Å². The molecular formula is C14H16N2O3. The normalized spacial score (nSPS) is 11.5. The van der Waals surface area contributed by atoms with Crippen molar-refractivity contribution in [1.82, 2.24) is 10.2 Å². The number of ether oxygens (including phenoxy) is 1. The number of H-pyrrole nitrogens is 1. The molecule has 0 saturated carbocycles. The number of aromatic nitrogens is 2. The van der Waals surface area contributed by atoms with E-state index in [-0.39, 0.29) is 5.69 Å². The molecule has 0 aliphatic carbocycles. The molecule has 5 heteroatoms. The minimum absolute atomic E-state index is 0.0754. The highest BCUT2D eigenvalue weighted by Crippen LogP contribution is 2.27. The van der Waals surface area contributed by atoms with Gasteiger partial charge in [-0.15, -0.1) is 0 Å². The molecule has 100 valence electrons. The van der Waals surface area contributed by atoms with Crippen molar-refractivity contribution in [2.45, 2.75) is 19.4 Å². The lowest BCUT2D eigenvalue weighted by atomic mass is 9.95. The van der Waals surface area contributed by atoms with Crippen molar-refractivity contribution in [2.24, 2.45) is 0 Å². The number of nitrogens with one attached hydrogen (secondary N) is 1. The third-order valence-corrected chi connectivity index (χ3v) is 3.17. The first kappa shape index (κ1) is 13.3. The average molecular weight is 260 g/mol. The van der Waals surface area contributed by atoms with Crippen molar-refractivity contribution in [3.63, 3.8) is 0 Å². The molecule has 1 aromatic heterocycles. The highest BCUT2D eigenvalue weighted by atomic mass is 16.5. The van der Waals surface area contributed by atoms with Crippen LogP contribution >= 0.6 is 0 Å². The Hall–Kier alpha value is -2.14. The van der Waals surface area contributed by atoms with Gasteiger partial charge in [-0.2, -0.15) is 5.10 Å². The van der Waals surface area contributed by atoms with Crippen molar-refractivity contribution in [2.75, 3.05) is 7.11 Å². The fraction of sp³-hybridized carbons (Fsp3) is 0.286. The SMILES string of the molecule is COC(C)(C)c1cccc(-c2cc(C(=O)O)[nH]n2)c1. The molecule has 0 spiro atoms. The van der Waals surface area contributed by atoms with E-state index in [1.807, 2.05) is 38.1 Å². The van der Waals surface area contributed by atoms with Gasteiger partial charge in [0.25, 0.3) is 0 Å². The van der Waals surface area contributed by atoms with Crippen LogP contribution in [-0.2, 0) is 10.3 Å². The van der Waals surface area contributed by atoms with Crippen molar-refractivity contribution in [1.29, 1.82) is 0 Å². The summed E-state index contributed by atoms with van der Waals surface area (Å²) in [6.45, 7) is 3.94. The molecule has 0 atom stereocenters. The minimum Gasteiger partial charge on any atom is -0.477 e. The largest absolute Gasteiger partial charge is 0.477 e. The number of carboxylic acid groups (broad SMARTS) is 1. The van der Waals surface area contributed by atoms with E-state index in [9.17, 15) is 4.79 Å². The number of benzene rings is 1. The highest BCUT2D eigenvalue weighted by molar-refractivity contribution is 5.86. The third kappa shape index (κ3) is 2.66. The summed E-state index contributed by atoms with van der Waals surface area (Å²) in [7, 11) is 1.66. The van der Waals surface area contributed by atoms with Gasteiger partial charge in [-0.25, -0.2) is 4.79 Å². The molecule has 1 aromatic carbocycles. The summed E-state index contributed by atoms with van der Waals surface area (Å²) < 4.78 is 5.44. The van der Waals surface area contributed by atoms with Crippen molar-refractivity contribution >= 4 is 5.97 Å². The van der Waals surface area contributed by atoms with Crippen molar-refractivity contribution in [3.05, 3.63) is 41.6 Å². The van der Waals surface area contributed by atoms with Crippen LogP contribution in [0.15, 0.2) is 30.3 Å². The van der Waals surface area contributed by atoms with E-state index in [4.69, 9.17) is 9.84 Å². The van der Waals surface area contributed by atoms with Gasteiger partial charge >= 0.3 is 5.97 Å². The first-order valence-electron chi connectivity index (χ1n) is 5.89. The molecule has 0 aliphatic heterocycles. The predicted octanol–water partition coefficient (Wildman–Crippen LogP) is 2.66. The molecule has 5 nitrogen and oxygen atoms in total. The average Bonchev–Trinajstić information content (AvgIpc) is 2.89. The minimum atomic E-state index is -1.02. The number of nitrogens with zero attached hydrogens (tertiary/aromatic N) is 1. The van der Waals surface area contributed by atoms with E-state index < -0.39 is 11.6 Å². The number of aromatic amines is 1. The summed E-state index contributed by atoms with van der Waals surface area (Å²) in [5.74, 6) is -1.02. The van der Waals surface area contributed by atoms with Crippen LogP contribution in [-0.4, -0.2) is 28.4 Å². The number of aromatic carboxylic acids is 1. The molecule has 0 unspecified atom stereocenters. The third-order valence-electron chi connectivity index (χ3n) is 3.17. The van der Waals surface area contributed by atoms with Gasteiger partial charge in [-0.1, -0.05) is 18.2 Å². The topological polar surface area (TPSA) is 75.2 Å². The summed E-state index contributed by atoms with van der Waals surface area (Å²) in [5.41, 5.74) is 2.14. The Bertz CT molecular complexity index is 602. The van der Waals surface area contributed by atoms with Crippen LogP contribution in [0.1, 0.15) is 29.9 Å². The van der Waals surface area contributed by atoms with Crippen molar-refractivity contribution in [3.8, 4) is 11.3 Å². The Balaban J connectivity index is 2.40. The number of hydrogen-bond acceptors (Lipinski definition) is 3. The Morgan fingerprint density at radius 1 is 1.37 bits per heavy atom. The molecule has 0 saturated heterocycles. The molecule has 2 N–H and O–H groups in total. The molecule has 0 bridgehead atoms. The van der Waals surface area contributed by atoms with Crippen molar-refractivity contribution < 1.29 is 14.6 Å². The Morgan fingerprint density at radius 3 is 2.68 bits per heavy atom. The summed E-state index contributed by atoms with van der Waals surface area (Å²) >= 11 is 0. The van der Waals surface area contributed by atoms with Gasteiger partial charge < -0.3 is 9.84 Å². The smallest absolute Gasteiger partial charge is 0.353 e. The molecule has 0 amide bonds. The standard InChI is InChI=1S/C14H16N2O3/c1-14(2,19-3)10-6-4-5-9(7-10)11-8-12(13(17)18)16-15-11/h4-8H,1-3H3,(H,15,16)(H,17,18). The van der Waals surface area contributed by atoms with Crippen LogP contribution in [0.2, 0.25) is 0 Å². The zero-order valence-electron chi connectivity index (χ0n) is 11.1. The predicted molar refractivity (Wildman–Crippen MR) is 71.0 cm³/mol. The van der Waals surface area contributed by atoms with Gasteiger partial charge in [-0.3, -0.25) is 5.10 Å². The molecule has 0 fully saturated rings. The number of carboxylic acids is 1. The van der Waals surface area contributed by atoms with Crippen LogP contribution in [0.4, 0.5) is 0 Å². The molecule has 0 aliphatic rings. The van der Waals surface area contributed by atoms with Crippen LogP contribution in [0.25, 0.3) is 11.3 Å². The molecule has 1 heterocycles. The lowest BCUT2D eigenvalue weighted by Gasteiger charge is -2.23. The molecule has 19 heavy (non-hydrogen) atoms. The first-order chi connectivity index (χ1) is 8.94. The maximum Gasteiger partial charge on any atom is 0.353 e. The van der Waals surface area contributed by atoms with Gasteiger partial charge in [0.1, 0.15) is 5.69 Å². The molecular weight excluding hydrogens is 244 g/mol. The monoisotopic (exact) mass is 260 g/mol. The Kier molecular flexibility index (Phi) is 3.40. The maximum absolute atomic E-state index is 10.8. The van der Waals surface area contributed by atoms with E-state index in [0.717, 1.165) is 11.1 Å². The summed E-state index contributed by atoms with van der Waals surface area (Å²) in [6.07, 6.45) is 0. The molecule has 2 rings (SSSR count). The van der Waals surface area contributed by atoms with Gasteiger partial charge in [0.2, 0.25) is 0 Å². The zero-order chi connectivity index (χ0) is 14.0. The Labute approximate surface area is 111 Å². The zero-order valence-corrected chi connectivity index (χ0v) is 11.1.